The summed E-state index contributed by atoms with van der Waals surface area (Å²) in [5.41, 5.74) is 1.96. The van der Waals surface area contributed by atoms with E-state index in [9.17, 15) is 9.59 Å². The van der Waals surface area contributed by atoms with Crippen LogP contribution in [0, 0.1) is 0 Å². The minimum absolute atomic E-state index is 0.00776. The molecule has 2 aliphatic rings. The Morgan fingerprint density at radius 3 is 2.19 bits per heavy atom. The number of hydrogen-bond acceptors (Lipinski definition) is 4. The van der Waals surface area contributed by atoms with Crippen LogP contribution in [0.1, 0.15) is 50.2 Å². The minimum Gasteiger partial charge on any atom is -0.497 e. The van der Waals surface area contributed by atoms with Crippen LogP contribution in [-0.4, -0.2) is 85.0 Å². The Kier molecular flexibility index (Phi) is 8.12. The van der Waals surface area contributed by atoms with Crippen molar-refractivity contribution in [1.29, 1.82) is 0 Å². The molecule has 1 aliphatic carbocycles. The molecule has 2 aromatic carbocycles. The second-order valence-electron chi connectivity index (χ2n) is 10.9. The molecule has 0 atom stereocenters. The largest absolute Gasteiger partial charge is 0.497 e. The van der Waals surface area contributed by atoms with E-state index in [1.54, 1.807) is 12.0 Å². The number of amides is 3. The van der Waals surface area contributed by atoms with Gasteiger partial charge in [-0.15, -0.1) is 0 Å². The van der Waals surface area contributed by atoms with Gasteiger partial charge in [0.15, 0.2) is 0 Å². The van der Waals surface area contributed by atoms with E-state index in [-0.39, 0.29) is 29.6 Å². The summed E-state index contributed by atoms with van der Waals surface area (Å²) in [5, 5.41) is 0. The topological polar surface area (TPSA) is 56.3 Å². The molecule has 37 heavy (non-hydrogen) atoms. The van der Waals surface area contributed by atoms with E-state index in [0.717, 1.165) is 43.4 Å². The summed E-state index contributed by atoms with van der Waals surface area (Å²) in [5.74, 6) is 0.806. The molecule has 3 amide bonds. The Morgan fingerprint density at radius 1 is 0.973 bits per heavy atom. The zero-order valence-corrected chi connectivity index (χ0v) is 23.1. The smallest absolute Gasteiger partial charge is 0.321 e. The highest BCUT2D eigenvalue weighted by Gasteiger charge is 2.54. The van der Waals surface area contributed by atoms with Crippen molar-refractivity contribution >= 4 is 11.9 Å². The number of likely N-dealkylation sites (N-methyl/N-ethyl adjacent to an activating group) is 1. The average Bonchev–Trinajstić information content (AvgIpc) is 3.15. The fraction of sp³-hybridized carbons (Fsp3) is 0.533. The first-order valence-corrected chi connectivity index (χ1v) is 13.4. The fourth-order valence-corrected chi connectivity index (χ4v) is 6.21. The number of benzene rings is 2. The number of carbonyl (C=O) groups is 2. The molecule has 1 spiro atoms. The highest BCUT2D eigenvalue weighted by atomic mass is 16.5. The maximum Gasteiger partial charge on any atom is 0.321 e. The van der Waals surface area contributed by atoms with E-state index in [1.807, 2.05) is 41.1 Å². The van der Waals surface area contributed by atoms with Crippen molar-refractivity contribution in [2.45, 2.75) is 56.7 Å². The second kappa shape index (κ2) is 11.1. The van der Waals surface area contributed by atoms with Crippen LogP contribution in [0.3, 0.4) is 0 Å². The number of methoxy groups -OCH3 is 1. The molecule has 1 saturated carbocycles. The van der Waals surface area contributed by atoms with Gasteiger partial charge in [0.2, 0.25) is 5.91 Å². The van der Waals surface area contributed by atoms with E-state index >= 15 is 0 Å². The van der Waals surface area contributed by atoms with Gasteiger partial charge in [0.25, 0.3) is 0 Å². The van der Waals surface area contributed by atoms with Crippen LogP contribution in [0.5, 0.6) is 5.75 Å². The van der Waals surface area contributed by atoms with Crippen LogP contribution < -0.4 is 4.74 Å². The lowest BCUT2D eigenvalue weighted by atomic mass is 9.68. The maximum atomic E-state index is 13.8. The molecule has 0 bridgehead atoms. The van der Waals surface area contributed by atoms with Crippen molar-refractivity contribution in [3.05, 3.63) is 65.7 Å². The first-order chi connectivity index (χ1) is 17.7. The summed E-state index contributed by atoms with van der Waals surface area (Å²) in [6.45, 7) is 4.06. The standard InChI is InChI=1S/C30H42N4O3/c1-6-20-32(4)27(35)22-34-28(36)33(21-24-12-14-26(37-5)15-13-24)23-29(34)16-18-30(19-17-29,31(2)3)25-10-8-7-9-11-25/h7-15H,6,16-23H2,1-5H3/t29-,30-. The van der Waals surface area contributed by atoms with Crippen molar-refractivity contribution in [3.8, 4) is 5.75 Å². The van der Waals surface area contributed by atoms with Crippen molar-refractivity contribution in [1.82, 2.24) is 19.6 Å². The van der Waals surface area contributed by atoms with Crippen LogP contribution in [0.4, 0.5) is 4.79 Å². The molecule has 0 aromatic heterocycles. The highest BCUT2D eigenvalue weighted by Crippen LogP contribution is 2.49. The Bertz CT molecular complexity index is 1060. The number of hydrogen-bond donors (Lipinski definition) is 0. The van der Waals surface area contributed by atoms with Crippen LogP contribution in [0.2, 0.25) is 0 Å². The average molecular weight is 507 g/mol. The number of urea groups is 1. The Morgan fingerprint density at radius 2 is 1.62 bits per heavy atom. The van der Waals surface area contributed by atoms with Crippen molar-refractivity contribution < 1.29 is 14.3 Å². The van der Waals surface area contributed by atoms with Crippen molar-refractivity contribution in [2.75, 3.05) is 47.9 Å². The maximum absolute atomic E-state index is 13.8. The lowest BCUT2D eigenvalue weighted by molar-refractivity contribution is -0.131. The number of rotatable bonds is 9. The minimum atomic E-state index is -0.347. The lowest BCUT2D eigenvalue weighted by Crippen LogP contribution is -2.57. The Labute approximate surface area is 222 Å². The molecule has 1 saturated heterocycles. The summed E-state index contributed by atoms with van der Waals surface area (Å²) < 4.78 is 5.29. The van der Waals surface area contributed by atoms with Gasteiger partial charge in [-0.2, -0.15) is 0 Å². The van der Waals surface area contributed by atoms with Gasteiger partial charge in [-0.1, -0.05) is 49.4 Å². The summed E-state index contributed by atoms with van der Waals surface area (Å²) in [6.07, 6.45) is 4.48. The van der Waals surface area contributed by atoms with Gasteiger partial charge in [-0.25, -0.2) is 4.79 Å². The molecule has 0 N–H and O–H groups in total. The van der Waals surface area contributed by atoms with E-state index < -0.39 is 0 Å². The third-order valence-corrected chi connectivity index (χ3v) is 8.54. The molecule has 7 heteroatoms. The molecule has 7 nitrogen and oxygen atoms in total. The van der Waals surface area contributed by atoms with Crippen LogP contribution in [-0.2, 0) is 16.9 Å². The molecule has 2 fully saturated rings. The monoisotopic (exact) mass is 506 g/mol. The molecule has 1 aliphatic heterocycles. The van der Waals surface area contributed by atoms with E-state index in [0.29, 0.717) is 19.6 Å². The molecule has 2 aromatic rings. The van der Waals surface area contributed by atoms with Crippen LogP contribution in [0.25, 0.3) is 0 Å². The Balaban J connectivity index is 1.60. The van der Waals surface area contributed by atoms with E-state index in [2.05, 4.69) is 56.3 Å². The molecular formula is C30H42N4O3. The number of carbonyl (C=O) groups excluding carboxylic acids is 2. The summed E-state index contributed by atoms with van der Waals surface area (Å²) in [6, 6.07) is 18.5. The van der Waals surface area contributed by atoms with Gasteiger partial charge in [0, 0.05) is 32.2 Å². The van der Waals surface area contributed by atoms with Gasteiger partial charge in [-0.3, -0.25) is 9.69 Å². The highest BCUT2D eigenvalue weighted by molar-refractivity contribution is 5.86. The first-order valence-electron chi connectivity index (χ1n) is 13.4. The van der Waals surface area contributed by atoms with E-state index in [4.69, 9.17) is 4.74 Å². The Hall–Kier alpha value is -3.06. The second-order valence-corrected chi connectivity index (χ2v) is 10.9. The molecule has 0 radical (unpaired) electrons. The SMILES string of the molecule is CCCN(C)C(=O)CN1C(=O)N(Cc2ccc(OC)cc2)C[C@]12CC[C@@](c1ccccc1)(N(C)C)CC2. The zero-order valence-electron chi connectivity index (χ0n) is 23.1. The molecule has 200 valence electrons. The molecule has 1 heterocycles. The predicted octanol–water partition coefficient (Wildman–Crippen LogP) is 4.57. The molecular weight excluding hydrogens is 464 g/mol. The van der Waals surface area contributed by atoms with Crippen molar-refractivity contribution in [3.63, 3.8) is 0 Å². The fourth-order valence-electron chi connectivity index (χ4n) is 6.21. The molecule has 0 unspecified atom stereocenters. The third kappa shape index (κ3) is 5.33. The summed E-state index contributed by atoms with van der Waals surface area (Å²) in [7, 11) is 7.80. The lowest BCUT2D eigenvalue weighted by Gasteiger charge is -2.51. The number of nitrogens with zero attached hydrogens (tertiary/aromatic N) is 4. The van der Waals surface area contributed by atoms with Gasteiger partial charge in [-0.05, 0) is 69.5 Å². The normalized spacial score (nSPS) is 23.7. The summed E-state index contributed by atoms with van der Waals surface area (Å²) in [4.78, 5) is 34.9. The quantitative estimate of drug-likeness (QED) is 0.500. The van der Waals surface area contributed by atoms with Crippen LogP contribution >= 0.6 is 0 Å². The third-order valence-electron chi connectivity index (χ3n) is 8.54. The van der Waals surface area contributed by atoms with Crippen LogP contribution in [0.15, 0.2) is 54.6 Å². The molecule has 4 rings (SSSR count). The first kappa shape index (κ1) is 27.0. The van der Waals surface area contributed by atoms with Gasteiger partial charge < -0.3 is 19.4 Å². The van der Waals surface area contributed by atoms with E-state index in [1.165, 1.54) is 5.56 Å². The van der Waals surface area contributed by atoms with Gasteiger partial charge >= 0.3 is 6.03 Å². The summed E-state index contributed by atoms with van der Waals surface area (Å²) >= 11 is 0. The van der Waals surface area contributed by atoms with Gasteiger partial charge in [0.1, 0.15) is 12.3 Å². The van der Waals surface area contributed by atoms with Crippen molar-refractivity contribution in [2.24, 2.45) is 0 Å². The number of ether oxygens (including phenoxy) is 1. The van der Waals surface area contributed by atoms with Gasteiger partial charge in [0.05, 0.1) is 12.6 Å². The zero-order chi connectivity index (χ0) is 26.6. The predicted molar refractivity (Wildman–Crippen MR) is 146 cm³/mol.